The highest BCUT2D eigenvalue weighted by Crippen LogP contribution is 2.31. The Balaban J connectivity index is 2.28. The van der Waals surface area contributed by atoms with Crippen molar-refractivity contribution in [2.45, 2.75) is 6.73 Å². The molecule has 3 heterocycles. The van der Waals surface area contributed by atoms with Gasteiger partial charge in [0, 0.05) is 12.4 Å². The van der Waals surface area contributed by atoms with Crippen molar-refractivity contribution in [3.05, 3.63) is 29.1 Å². The Kier molecular flexibility index (Phi) is 1.61. The molecule has 3 rings (SSSR count). The van der Waals surface area contributed by atoms with Crippen LogP contribution in [0.3, 0.4) is 0 Å². The van der Waals surface area contributed by atoms with Gasteiger partial charge < -0.3 is 4.74 Å². The second-order valence-corrected chi connectivity index (χ2v) is 3.79. The summed E-state index contributed by atoms with van der Waals surface area (Å²) in [5, 5.41) is 0. The summed E-state index contributed by atoms with van der Waals surface area (Å²) in [4.78, 5) is 8.57. The van der Waals surface area contributed by atoms with E-state index in [0.717, 1.165) is 21.9 Å². The molecule has 0 spiro atoms. The van der Waals surface area contributed by atoms with Crippen molar-refractivity contribution < 1.29 is 4.74 Å². The first kappa shape index (κ1) is 7.99. The van der Waals surface area contributed by atoms with Crippen LogP contribution in [0.25, 0.3) is 11.5 Å². The number of aromatic nitrogens is 3. The first-order valence-corrected chi connectivity index (χ1v) is 4.95. The Bertz CT molecular complexity index is 495. The van der Waals surface area contributed by atoms with Crippen LogP contribution in [0.4, 0.5) is 0 Å². The van der Waals surface area contributed by atoms with Gasteiger partial charge in [0.15, 0.2) is 18.3 Å². The Morgan fingerprint density at radius 3 is 3.29 bits per heavy atom. The van der Waals surface area contributed by atoms with Crippen molar-refractivity contribution in [2.75, 3.05) is 0 Å². The Labute approximate surface area is 88.7 Å². The SMILES string of the molecule is Brc1ccc2c(n1)-c1nccn1CO2. The molecule has 0 aromatic carbocycles. The lowest BCUT2D eigenvalue weighted by atomic mass is 10.3. The molecule has 0 radical (unpaired) electrons. The minimum Gasteiger partial charge on any atom is -0.470 e. The summed E-state index contributed by atoms with van der Waals surface area (Å²) in [6.07, 6.45) is 3.62. The zero-order valence-corrected chi connectivity index (χ0v) is 8.73. The second kappa shape index (κ2) is 2.81. The molecule has 0 aliphatic carbocycles. The van der Waals surface area contributed by atoms with Gasteiger partial charge in [-0.2, -0.15) is 0 Å². The van der Waals surface area contributed by atoms with Crippen LogP contribution in [-0.2, 0) is 6.73 Å². The molecule has 0 bridgehead atoms. The lowest BCUT2D eigenvalue weighted by molar-refractivity contribution is 0.228. The van der Waals surface area contributed by atoms with Gasteiger partial charge in [0.1, 0.15) is 10.3 Å². The number of hydrogen-bond donors (Lipinski definition) is 0. The third-order valence-corrected chi connectivity index (χ3v) is 2.55. The molecular formula is C9H6BrN3O. The molecular weight excluding hydrogens is 246 g/mol. The number of nitrogens with zero attached hydrogens (tertiary/aromatic N) is 3. The third-order valence-electron chi connectivity index (χ3n) is 2.11. The smallest absolute Gasteiger partial charge is 0.166 e. The maximum atomic E-state index is 5.50. The highest BCUT2D eigenvalue weighted by atomic mass is 79.9. The molecule has 0 N–H and O–H groups in total. The fourth-order valence-electron chi connectivity index (χ4n) is 1.47. The summed E-state index contributed by atoms with van der Waals surface area (Å²) < 4.78 is 8.21. The van der Waals surface area contributed by atoms with Crippen molar-refractivity contribution in [1.29, 1.82) is 0 Å². The van der Waals surface area contributed by atoms with Crippen LogP contribution < -0.4 is 4.74 Å². The Morgan fingerprint density at radius 2 is 2.36 bits per heavy atom. The van der Waals surface area contributed by atoms with E-state index in [1.165, 1.54) is 0 Å². The number of ether oxygens (including phenoxy) is 1. The number of fused-ring (bicyclic) bond motifs is 3. The monoisotopic (exact) mass is 251 g/mol. The van der Waals surface area contributed by atoms with Crippen molar-refractivity contribution in [3.63, 3.8) is 0 Å². The Hall–Kier alpha value is -1.36. The van der Waals surface area contributed by atoms with E-state index in [0.29, 0.717) is 6.73 Å². The minimum atomic E-state index is 0.506. The van der Waals surface area contributed by atoms with E-state index >= 15 is 0 Å². The highest BCUT2D eigenvalue weighted by Gasteiger charge is 2.19. The van der Waals surface area contributed by atoms with E-state index in [9.17, 15) is 0 Å². The van der Waals surface area contributed by atoms with E-state index < -0.39 is 0 Å². The van der Waals surface area contributed by atoms with Crippen LogP contribution in [0.2, 0.25) is 0 Å². The first-order valence-electron chi connectivity index (χ1n) is 4.15. The zero-order chi connectivity index (χ0) is 9.54. The van der Waals surface area contributed by atoms with Gasteiger partial charge in [0.25, 0.3) is 0 Å². The average Bonchev–Trinajstić information content (AvgIpc) is 2.65. The summed E-state index contributed by atoms with van der Waals surface area (Å²) in [5.74, 6) is 1.64. The topological polar surface area (TPSA) is 39.9 Å². The van der Waals surface area contributed by atoms with Gasteiger partial charge in [0.05, 0.1) is 0 Å². The molecule has 2 aromatic rings. The van der Waals surface area contributed by atoms with E-state index in [4.69, 9.17) is 4.74 Å². The highest BCUT2D eigenvalue weighted by molar-refractivity contribution is 9.10. The Morgan fingerprint density at radius 1 is 1.43 bits per heavy atom. The molecule has 1 aliphatic rings. The van der Waals surface area contributed by atoms with Gasteiger partial charge in [-0.25, -0.2) is 9.97 Å². The lowest BCUT2D eigenvalue weighted by Crippen LogP contribution is -2.13. The number of imidazole rings is 1. The normalized spacial score (nSPS) is 12.9. The summed E-state index contributed by atoms with van der Waals surface area (Å²) in [6, 6.07) is 3.75. The van der Waals surface area contributed by atoms with Crippen molar-refractivity contribution in [2.24, 2.45) is 0 Å². The van der Waals surface area contributed by atoms with Crippen LogP contribution in [0, 0.1) is 0 Å². The average molecular weight is 252 g/mol. The molecule has 70 valence electrons. The van der Waals surface area contributed by atoms with Gasteiger partial charge in [-0.15, -0.1) is 0 Å². The van der Waals surface area contributed by atoms with Crippen molar-refractivity contribution >= 4 is 15.9 Å². The molecule has 0 saturated heterocycles. The van der Waals surface area contributed by atoms with Crippen LogP contribution in [0.5, 0.6) is 5.75 Å². The van der Waals surface area contributed by atoms with Gasteiger partial charge in [-0.1, -0.05) is 0 Å². The maximum Gasteiger partial charge on any atom is 0.166 e. The standard InChI is InChI=1S/C9H6BrN3O/c10-7-2-1-6-8(12-7)9-11-3-4-13(9)5-14-6/h1-4H,5H2. The van der Waals surface area contributed by atoms with Crippen molar-refractivity contribution in [3.8, 4) is 17.3 Å². The number of hydrogen-bond acceptors (Lipinski definition) is 3. The molecule has 0 saturated carbocycles. The van der Waals surface area contributed by atoms with E-state index in [1.807, 2.05) is 22.9 Å². The number of halogens is 1. The molecule has 0 fully saturated rings. The summed E-state index contributed by atoms with van der Waals surface area (Å²) >= 11 is 3.33. The predicted octanol–water partition coefficient (Wildman–Crippen LogP) is 2.06. The molecule has 14 heavy (non-hydrogen) atoms. The fourth-order valence-corrected chi connectivity index (χ4v) is 1.78. The molecule has 0 atom stereocenters. The quantitative estimate of drug-likeness (QED) is 0.674. The predicted molar refractivity (Wildman–Crippen MR) is 53.8 cm³/mol. The van der Waals surface area contributed by atoms with Crippen LogP contribution in [0.15, 0.2) is 29.1 Å². The van der Waals surface area contributed by atoms with E-state index in [1.54, 1.807) is 6.20 Å². The number of rotatable bonds is 0. The molecule has 0 unspecified atom stereocenters. The first-order chi connectivity index (χ1) is 6.84. The molecule has 0 amide bonds. The van der Waals surface area contributed by atoms with Gasteiger partial charge in [-0.05, 0) is 28.1 Å². The third kappa shape index (κ3) is 1.05. The maximum absolute atomic E-state index is 5.50. The molecule has 1 aliphatic heterocycles. The summed E-state index contributed by atoms with van der Waals surface area (Å²) in [7, 11) is 0. The largest absolute Gasteiger partial charge is 0.470 e. The summed E-state index contributed by atoms with van der Waals surface area (Å²) in [6.45, 7) is 0.506. The summed E-state index contributed by atoms with van der Waals surface area (Å²) in [5.41, 5.74) is 0.788. The van der Waals surface area contributed by atoms with Crippen LogP contribution in [0.1, 0.15) is 0 Å². The lowest BCUT2D eigenvalue weighted by Gasteiger charge is -2.17. The van der Waals surface area contributed by atoms with E-state index in [-0.39, 0.29) is 0 Å². The fraction of sp³-hybridized carbons (Fsp3) is 0.111. The van der Waals surface area contributed by atoms with Gasteiger partial charge in [-0.3, -0.25) is 4.57 Å². The van der Waals surface area contributed by atoms with Crippen LogP contribution >= 0.6 is 15.9 Å². The molecule has 4 nitrogen and oxygen atoms in total. The minimum absolute atomic E-state index is 0.506. The molecule has 2 aromatic heterocycles. The van der Waals surface area contributed by atoms with Gasteiger partial charge in [0.2, 0.25) is 0 Å². The van der Waals surface area contributed by atoms with Crippen LogP contribution in [-0.4, -0.2) is 14.5 Å². The second-order valence-electron chi connectivity index (χ2n) is 2.97. The zero-order valence-electron chi connectivity index (χ0n) is 7.14. The molecule has 5 heteroatoms. The number of pyridine rings is 1. The van der Waals surface area contributed by atoms with Gasteiger partial charge >= 0.3 is 0 Å². The van der Waals surface area contributed by atoms with E-state index in [2.05, 4.69) is 25.9 Å². The van der Waals surface area contributed by atoms with Crippen molar-refractivity contribution in [1.82, 2.24) is 14.5 Å².